The highest BCUT2D eigenvalue weighted by atomic mass is 35.5. The number of nitrogens with one attached hydrogen (secondary N) is 1. The molecule has 0 fully saturated rings. The summed E-state index contributed by atoms with van der Waals surface area (Å²) >= 11 is 19.2. The number of benzene rings is 2. The summed E-state index contributed by atoms with van der Waals surface area (Å²) in [6.07, 6.45) is 0. The number of carbonyl (C=O) groups is 1. The first-order valence-electron chi connectivity index (χ1n) is 6.18. The minimum atomic E-state index is -0.201. The zero-order chi connectivity index (χ0) is 15.2. The van der Waals surface area contributed by atoms with Crippen LogP contribution in [0.4, 0.5) is 0 Å². The average molecular weight is 361 g/mol. The van der Waals surface area contributed by atoms with Crippen LogP contribution in [0.25, 0.3) is 0 Å². The van der Waals surface area contributed by atoms with Gasteiger partial charge < -0.3 is 5.32 Å². The van der Waals surface area contributed by atoms with E-state index in [-0.39, 0.29) is 5.91 Å². The van der Waals surface area contributed by atoms with Gasteiger partial charge in [0.25, 0.3) is 5.91 Å². The van der Waals surface area contributed by atoms with E-state index in [9.17, 15) is 4.79 Å². The maximum absolute atomic E-state index is 12.0. The molecule has 6 heteroatoms. The van der Waals surface area contributed by atoms with Crippen molar-refractivity contribution in [3.05, 3.63) is 63.1 Å². The predicted molar refractivity (Wildman–Crippen MR) is 91.0 cm³/mol. The van der Waals surface area contributed by atoms with E-state index < -0.39 is 0 Å². The molecule has 110 valence electrons. The van der Waals surface area contributed by atoms with Gasteiger partial charge in [-0.2, -0.15) is 0 Å². The molecular weight excluding hydrogens is 349 g/mol. The molecule has 2 nitrogen and oxygen atoms in total. The monoisotopic (exact) mass is 359 g/mol. The second kappa shape index (κ2) is 7.95. The van der Waals surface area contributed by atoms with Gasteiger partial charge in [0.05, 0.1) is 10.6 Å². The summed E-state index contributed by atoms with van der Waals surface area (Å²) in [6.45, 7) is 0.547. The van der Waals surface area contributed by atoms with Crippen LogP contribution >= 0.6 is 46.6 Å². The Morgan fingerprint density at radius 2 is 1.67 bits per heavy atom. The number of hydrogen-bond donors (Lipinski definition) is 1. The molecule has 0 heterocycles. The van der Waals surface area contributed by atoms with Gasteiger partial charge in [-0.3, -0.25) is 4.79 Å². The highest BCUT2D eigenvalue weighted by Crippen LogP contribution is 2.21. The van der Waals surface area contributed by atoms with E-state index in [1.54, 1.807) is 30.0 Å². The second-order valence-corrected chi connectivity index (χ2v) is 6.63. The van der Waals surface area contributed by atoms with E-state index >= 15 is 0 Å². The predicted octanol–water partition coefficient (Wildman–Crippen LogP) is 5.17. The maximum Gasteiger partial charge on any atom is 0.252 e. The molecule has 0 bridgehead atoms. The van der Waals surface area contributed by atoms with Crippen LogP contribution in [0.3, 0.4) is 0 Å². The minimum absolute atomic E-state index is 0.201. The van der Waals surface area contributed by atoms with Gasteiger partial charge in [0.1, 0.15) is 0 Å². The highest BCUT2D eigenvalue weighted by Gasteiger charge is 2.09. The molecular formula is C15H12Cl3NOS. The molecule has 0 aliphatic rings. The van der Waals surface area contributed by atoms with Gasteiger partial charge in [-0.25, -0.2) is 0 Å². The minimum Gasteiger partial charge on any atom is -0.351 e. The highest BCUT2D eigenvalue weighted by molar-refractivity contribution is 7.99. The molecule has 0 saturated heterocycles. The molecule has 1 amide bonds. The standard InChI is InChI=1S/C15H12Cl3NOS/c16-10-1-4-12(5-2-10)21-8-7-19-15(20)13-6-3-11(17)9-14(13)18/h1-6,9H,7-8H2,(H,19,20). The van der Waals surface area contributed by atoms with Crippen LogP contribution in [0.5, 0.6) is 0 Å². The van der Waals surface area contributed by atoms with Crippen LogP contribution in [-0.2, 0) is 0 Å². The lowest BCUT2D eigenvalue weighted by molar-refractivity contribution is 0.0956. The van der Waals surface area contributed by atoms with Crippen molar-refractivity contribution in [3.63, 3.8) is 0 Å². The Kier molecular flexibility index (Phi) is 6.24. The van der Waals surface area contributed by atoms with E-state index in [0.717, 1.165) is 10.6 Å². The Bertz CT molecular complexity index is 631. The van der Waals surface area contributed by atoms with Crippen molar-refractivity contribution < 1.29 is 4.79 Å². The first-order chi connectivity index (χ1) is 10.1. The Hall–Kier alpha value is -0.870. The summed E-state index contributed by atoms with van der Waals surface area (Å²) in [5.41, 5.74) is 0.428. The number of thioether (sulfide) groups is 1. The van der Waals surface area contributed by atoms with Crippen molar-refractivity contribution in [2.75, 3.05) is 12.3 Å². The number of amides is 1. The average Bonchev–Trinajstić information content (AvgIpc) is 2.45. The van der Waals surface area contributed by atoms with E-state index in [4.69, 9.17) is 34.8 Å². The van der Waals surface area contributed by atoms with E-state index in [1.165, 1.54) is 0 Å². The SMILES string of the molecule is O=C(NCCSc1ccc(Cl)cc1)c1ccc(Cl)cc1Cl. The van der Waals surface area contributed by atoms with Crippen molar-refractivity contribution >= 4 is 52.5 Å². The van der Waals surface area contributed by atoms with Crippen molar-refractivity contribution in [1.29, 1.82) is 0 Å². The van der Waals surface area contributed by atoms with Crippen LogP contribution in [0.2, 0.25) is 15.1 Å². The van der Waals surface area contributed by atoms with Gasteiger partial charge in [0.2, 0.25) is 0 Å². The van der Waals surface area contributed by atoms with Crippen molar-refractivity contribution in [2.24, 2.45) is 0 Å². The molecule has 0 aliphatic carbocycles. The molecule has 2 rings (SSSR count). The van der Waals surface area contributed by atoms with Crippen molar-refractivity contribution in [1.82, 2.24) is 5.32 Å². The molecule has 0 unspecified atom stereocenters. The molecule has 0 aromatic heterocycles. The fourth-order valence-electron chi connectivity index (χ4n) is 1.63. The van der Waals surface area contributed by atoms with Crippen LogP contribution in [0.1, 0.15) is 10.4 Å². The van der Waals surface area contributed by atoms with Gasteiger partial charge in [-0.05, 0) is 42.5 Å². The third-order valence-corrected chi connectivity index (χ3v) is 4.46. The van der Waals surface area contributed by atoms with Crippen LogP contribution in [0.15, 0.2) is 47.4 Å². The Morgan fingerprint density at radius 3 is 2.33 bits per heavy atom. The zero-order valence-corrected chi connectivity index (χ0v) is 14.0. The Morgan fingerprint density at radius 1 is 1.00 bits per heavy atom. The fourth-order valence-corrected chi connectivity index (χ4v) is 3.02. The number of hydrogen-bond acceptors (Lipinski definition) is 2. The first-order valence-corrected chi connectivity index (χ1v) is 8.30. The largest absolute Gasteiger partial charge is 0.351 e. The summed E-state index contributed by atoms with van der Waals surface area (Å²) < 4.78 is 0. The molecule has 0 spiro atoms. The summed E-state index contributed by atoms with van der Waals surface area (Å²) in [5, 5.41) is 4.40. The molecule has 1 N–H and O–H groups in total. The molecule has 0 atom stereocenters. The van der Waals surface area contributed by atoms with E-state index in [1.807, 2.05) is 24.3 Å². The van der Waals surface area contributed by atoms with Crippen LogP contribution in [-0.4, -0.2) is 18.2 Å². The van der Waals surface area contributed by atoms with Gasteiger partial charge in [-0.15, -0.1) is 11.8 Å². The smallest absolute Gasteiger partial charge is 0.252 e. The topological polar surface area (TPSA) is 29.1 Å². The molecule has 2 aromatic rings. The van der Waals surface area contributed by atoms with Gasteiger partial charge in [0.15, 0.2) is 0 Å². The molecule has 2 aromatic carbocycles. The van der Waals surface area contributed by atoms with Gasteiger partial charge in [-0.1, -0.05) is 34.8 Å². The number of rotatable bonds is 5. The summed E-state index contributed by atoms with van der Waals surface area (Å²) in [6, 6.07) is 12.4. The maximum atomic E-state index is 12.0. The lowest BCUT2D eigenvalue weighted by atomic mass is 10.2. The molecule has 21 heavy (non-hydrogen) atoms. The van der Waals surface area contributed by atoms with E-state index in [0.29, 0.717) is 27.2 Å². The zero-order valence-electron chi connectivity index (χ0n) is 10.9. The Balaban J connectivity index is 1.80. The number of carbonyl (C=O) groups excluding carboxylic acids is 1. The summed E-state index contributed by atoms with van der Waals surface area (Å²) in [7, 11) is 0. The quantitative estimate of drug-likeness (QED) is 0.589. The molecule has 0 aliphatic heterocycles. The molecule has 0 saturated carbocycles. The van der Waals surface area contributed by atoms with Gasteiger partial charge in [0, 0.05) is 27.2 Å². The lowest BCUT2D eigenvalue weighted by Gasteiger charge is -2.07. The van der Waals surface area contributed by atoms with Gasteiger partial charge >= 0.3 is 0 Å². The second-order valence-electron chi connectivity index (χ2n) is 4.18. The summed E-state index contributed by atoms with van der Waals surface area (Å²) in [5.74, 6) is 0.562. The Labute approximate surface area is 142 Å². The number of halogens is 3. The third kappa shape index (κ3) is 5.11. The van der Waals surface area contributed by atoms with Crippen LogP contribution in [0, 0.1) is 0 Å². The first kappa shape index (κ1) is 16.5. The van der Waals surface area contributed by atoms with E-state index in [2.05, 4.69) is 5.32 Å². The van der Waals surface area contributed by atoms with Crippen LogP contribution < -0.4 is 5.32 Å². The summed E-state index contributed by atoms with van der Waals surface area (Å²) in [4.78, 5) is 13.1. The molecule has 0 radical (unpaired) electrons. The normalized spacial score (nSPS) is 10.4. The van der Waals surface area contributed by atoms with Crippen molar-refractivity contribution in [2.45, 2.75) is 4.90 Å². The van der Waals surface area contributed by atoms with Crippen molar-refractivity contribution in [3.8, 4) is 0 Å². The fraction of sp³-hybridized carbons (Fsp3) is 0.133. The third-order valence-electron chi connectivity index (χ3n) is 2.65. The lowest BCUT2D eigenvalue weighted by Crippen LogP contribution is -2.25.